The molecule has 0 radical (unpaired) electrons. The Balaban J connectivity index is 1.67. The van der Waals surface area contributed by atoms with Gasteiger partial charge in [-0.15, -0.1) is 0 Å². The van der Waals surface area contributed by atoms with Gasteiger partial charge in [-0.2, -0.15) is 13.5 Å². The highest BCUT2D eigenvalue weighted by molar-refractivity contribution is 7.85. The zero-order valence-corrected chi connectivity index (χ0v) is 23.3. The minimum absolute atomic E-state index is 0.0222. The van der Waals surface area contributed by atoms with E-state index in [1.165, 1.54) is 6.07 Å². The fraction of sp³-hybridized carbons (Fsp3) is 0.188. The number of nitrogens with zero attached hydrogens (tertiary/aromatic N) is 2. The van der Waals surface area contributed by atoms with Crippen LogP contribution in [0, 0.1) is 10.4 Å². The molecule has 3 aliphatic rings. The van der Waals surface area contributed by atoms with E-state index in [-0.39, 0.29) is 38.0 Å². The normalized spacial score (nSPS) is 15.4. The van der Waals surface area contributed by atoms with E-state index in [4.69, 9.17) is 9.73 Å². The molecule has 0 amide bonds. The lowest BCUT2D eigenvalue weighted by Gasteiger charge is -2.17. The van der Waals surface area contributed by atoms with E-state index in [1.54, 1.807) is 54.6 Å². The summed E-state index contributed by atoms with van der Waals surface area (Å²) in [6, 6.07) is 23.3. The SMILES string of the molecule is O=c1c2c(=NC3CCCCC3)cc(S(=O)(=O)O)/c(=N/Nc3ccccc3Oc3ccccc3)c=2c(=O)c2ccccc12. The smallest absolute Gasteiger partial charge is 0.296 e. The lowest BCUT2D eigenvalue weighted by atomic mass is 9.96. The van der Waals surface area contributed by atoms with Crippen LogP contribution < -0.4 is 31.7 Å². The zero-order chi connectivity index (χ0) is 29.3. The van der Waals surface area contributed by atoms with Crippen LogP contribution in [0.2, 0.25) is 0 Å². The zero-order valence-electron chi connectivity index (χ0n) is 22.5. The summed E-state index contributed by atoms with van der Waals surface area (Å²) in [6.45, 7) is 0. The van der Waals surface area contributed by atoms with Crippen LogP contribution in [-0.4, -0.2) is 19.0 Å². The van der Waals surface area contributed by atoms with Gasteiger partial charge < -0.3 is 4.74 Å². The quantitative estimate of drug-likeness (QED) is 0.225. The molecule has 9 nitrogen and oxygen atoms in total. The Labute approximate surface area is 240 Å². The number of para-hydroxylation sites is 3. The molecule has 3 aromatic carbocycles. The molecule has 0 spiro atoms. The second-order valence-electron chi connectivity index (χ2n) is 10.2. The fourth-order valence-corrected chi connectivity index (χ4v) is 6.08. The summed E-state index contributed by atoms with van der Waals surface area (Å²) in [7, 11) is -4.90. The maximum Gasteiger partial charge on any atom is 0.296 e. The van der Waals surface area contributed by atoms with Crippen molar-refractivity contribution >= 4 is 26.6 Å². The van der Waals surface area contributed by atoms with Crippen molar-refractivity contribution in [1.82, 2.24) is 0 Å². The van der Waals surface area contributed by atoms with Gasteiger partial charge in [0.05, 0.1) is 27.5 Å². The molecule has 6 rings (SSSR count). The minimum Gasteiger partial charge on any atom is -0.455 e. The number of nitrogens with one attached hydrogen (secondary N) is 1. The van der Waals surface area contributed by atoms with Crippen LogP contribution in [0.25, 0.3) is 10.8 Å². The summed E-state index contributed by atoms with van der Waals surface area (Å²) in [5, 5.41) is 4.08. The van der Waals surface area contributed by atoms with Crippen molar-refractivity contribution < 1.29 is 17.7 Å². The number of fused-ring (bicyclic) bond motifs is 1. The lowest BCUT2D eigenvalue weighted by Crippen LogP contribution is -2.34. The molecule has 3 aliphatic carbocycles. The first kappa shape index (κ1) is 27.5. The van der Waals surface area contributed by atoms with Gasteiger partial charge in [0.15, 0.2) is 16.6 Å². The van der Waals surface area contributed by atoms with Gasteiger partial charge in [0, 0.05) is 10.8 Å². The van der Waals surface area contributed by atoms with Crippen LogP contribution in [0.15, 0.2) is 110 Å². The predicted octanol–water partition coefficient (Wildman–Crippen LogP) is 4.36. The van der Waals surface area contributed by atoms with Crippen molar-refractivity contribution in [1.29, 1.82) is 0 Å². The standard InChI is InChI=1S/C32H27N3O6S/c36-31-22-15-7-8-16-23(22)32(37)29-28(31)25(33-20-11-3-1-4-12-20)19-27(42(38,39)40)30(29)35-34-24-17-9-10-18-26(24)41-21-13-5-2-6-14-21/h2,5-10,13-20,34H,1,3-4,11-12H2,(H,38,39,40)/b33-25?,35-30-. The second kappa shape index (κ2) is 11.3. The third kappa shape index (κ3) is 5.34. The number of benzene rings is 3. The molecule has 0 bridgehead atoms. The summed E-state index contributed by atoms with van der Waals surface area (Å²) in [6.07, 6.45) is 4.54. The molecule has 3 aromatic rings. The molecule has 1 fully saturated rings. The average molecular weight is 582 g/mol. The molecular formula is C32H27N3O6S. The minimum atomic E-state index is -4.90. The second-order valence-corrected chi connectivity index (χ2v) is 11.6. The van der Waals surface area contributed by atoms with E-state index in [1.807, 2.05) is 18.2 Å². The summed E-state index contributed by atoms with van der Waals surface area (Å²) in [5.41, 5.74) is 2.13. The Hall–Kier alpha value is -4.67. The fourth-order valence-electron chi connectivity index (χ4n) is 5.43. The molecule has 0 aromatic heterocycles. The van der Waals surface area contributed by atoms with Crippen LogP contribution in [0.1, 0.15) is 32.1 Å². The van der Waals surface area contributed by atoms with E-state index in [2.05, 4.69) is 10.5 Å². The predicted molar refractivity (Wildman–Crippen MR) is 159 cm³/mol. The monoisotopic (exact) mass is 581 g/mol. The Morgan fingerprint density at radius 1 is 0.786 bits per heavy atom. The first-order chi connectivity index (χ1) is 20.3. The molecule has 10 heteroatoms. The molecule has 212 valence electrons. The maximum absolute atomic E-state index is 13.9. The van der Waals surface area contributed by atoms with Gasteiger partial charge in [-0.3, -0.25) is 24.6 Å². The van der Waals surface area contributed by atoms with Gasteiger partial charge in [0.2, 0.25) is 0 Å². The van der Waals surface area contributed by atoms with Crippen molar-refractivity contribution in [2.24, 2.45) is 10.1 Å². The average Bonchev–Trinajstić information content (AvgIpc) is 3.00. The Morgan fingerprint density at radius 2 is 1.40 bits per heavy atom. The van der Waals surface area contributed by atoms with Crippen molar-refractivity contribution in [2.45, 2.75) is 43.0 Å². The summed E-state index contributed by atoms with van der Waals surface area (Å²) in [5.74, 6) is 0.945. The van der Waals surface area contributed by atoms with Gasteiger partial charge >= 0.3 is 0 Å². The Morgan fingerprint density at radius 3 is 2.10 bits per heavy atom. The van der Waals surface area contributed by atoms with Gasteiger partial charge in [0.1, 0.15) is 16.0 Å². The van der Waals surface area contributed by atoms with Crippen molar-refractivity contribution in [3.05, 3.63) is 127 Å². The van der Waals surface area contributed by atoms with Crippen LogP contribution in [0.5, 0.6) is 11.5 Å². The third-order valence-corrected chi connectivity index (χ3v) is 8.30. The van der Waals surface area contributed by atoms with Gasteiger partial charge in [0.25, 0.3) is 10.1 Å². The highest BCUT2D eigenvalue weighted by atomic mass is 32.2. The van der Waals surface area contributed by atoms with E-state index >= 15 is 0 Å². The summed E-state index contributed by atoms with van der Waals surface area (Å²) >= 11 is 0. The molecule has 0 atom stereocenters. The van der Waals surface area contributed by atoms with Crippen molar-refractivity contribution in [3.63, 3.8) is 0 Å². The molecule has 42 heavy (non-hydrogen) atoms. The number of rotatable bonds is 6. The Bertz CT molecular complexity index is 2200. The van der Waals surface area contributed by atoms with E-state index in [0.717, 1.165) is 38.2 Å². The molecule has 0 unspecified atom stereocenters. The highest BCUT2D eigenvalue weighted by Crippen LogP contribution is 2.29. The molecule has 2 N–H and O–H groups in total. The van der Waals surface area contributed by atoms with Crippen LogP contribution in [-0.2, 0) is 10.1 Å². The number of ether oxygens (including phenoxy) is 1. The van der Waals surface area contributed by atoms with Crippen LogP contribution >= 0.6 is 0 Å². The van der Waals surface area contributed by atoms with Crippen molar-refractivity contribution in [3.8, 4) is 11.5 Å². The largest absolute Gasteiger partial charge is 0.455 e. The Kier molecular flexibility index (Phi) is 7.40. The molecule has 0 aliphatic heterocycles. The topological polar surface area (TPSA) is 134 Å². The lowest BCUT2D eigenvalue weighted by molar-refractivity contribution is 0.437. The first-order valence-electron chi connectivity index (χ1n) is 13.7. The number of hydrogen-bond donors (Lipinski definition) is 2. The highest BCUT2D eigenvalue weighted by Gasteiger charge is 2.21. The molecule has 0 heterocycles. The van der Waals surface area contributed by atoms with Gasteiger partial charge in [-0.05, 0) is 43.2 Å². The molecule has 1 saturated carbocycles. The third-order valence-electron chi connectivity index (χ3n) is 7.44. The van der Waals surface area contributed by atoms with Gasteiger partial charge in [-0.25, -0.2) is 0 Å². The number of hydrogen-bond acceptors (Lipinski definition) is 8. The van der Waals surface area contributed by atoms with Crippen LogP contribution in [0.4, 0.5) is 5.69 Å². The summed E-state index contributed by atoms with van der Waals surface area (Å²) in [4.78, 5) is 31.9. The number of anilines is 1. The van der Waals surface area contributed by atoms with E-state index in [0.29, 0.717) is 17.2 Å². The van der Waals surface area contributed by atoms with Crippen LogP contribution in [0.3, 0.4) is 0 Å². The van der Waals surface area contributed by atoms with E-state index in [9.17, 15) is 22.6 Å². The van der Waals surface area contributed by atoms with Crippen molar-refractivity contribution in [2.75, 3.05) is 5.43 Å². The maximum atomic E-state index is 13.9. The molecule has 0 saturated heterocycles. The summed E-state index contributed by atoms with van der Waals surface area (Å²) < 4.78 is 41.8. The first-order valence-corrected chi connectivity index (χ1v) is 15.1. The molecular weight excluding hydrogens is 554 g/mol. The van der Waals surface area contributed by atoms with Gasteiger partial charge in [-0.1, -0.05) is 73.9 Å². The van der Waals surface area contributed by atoms with E-state index < -0.39 is 25.9 Å².